The number of nitrogens with zero attached hydrogens (tertiary/aromatic N) is 3. The second kappa shape index (κ2) is 13.1. The van der Waals surface area contributed by atoms with Crippen LogP contribution in [0.3, 0.4) is 0 Å². The predicted molar refractivity (Wildman–Crippen MR) is 136 cm³/mol. The molecule has 8 nitrogen and oxygen atoms in total. The number of halogens is 2. The molecular weight excluding hydrogens is 545 g/mol. The first-order valence-electron chi connectivity index (χ1n) is 9.94. The van der Waals surface area contributed by atoms with Crippen molar-refractivity contribution in [2.75, 3.05) is 27.3 Å². The van der Waals surface area contributed by atoms with E-state index in [9.17, 15) is 0 Å². The van der Waals surface area contributed by atoms with E-state index in [2.05, 4.69) is 25.8 Å². The smallest absolute Gasteiger partial charge is 0.228 e. The predicted octanol–water partition coefficient (Wildman–Crippen LogP) is 4.32. The fourth-order valence-electron chi connectivity index (χ4n) is 2.88. The van der Waals surface area contributed by atoms with E-state index in [4.69, 9.17) is 25.6 Å². The summed E-state index contributed by atoms with van der Waals surface area (Å²) in [6.45, 7) is 3.85. The Labute approximate surface area is 209 Å². The van der Waals surface area contributed by atoms with Gasteiger partial charge in [0.2, 0.25) is 11.7 Å². The van der Waals surface area contributed by atoms with E-state index in [0.717, 1.165) is 17.7 Å². The Hall–Kier alpha value is -2.53. The highest BCUT2D eigenvalue weighted by molar-refractivity contribution is 14.0. The van der Waals surface area contributed by atoms with Crippen molar-refractivity contribution in [3.05, 3.63) is 58.9 Å². The molecule has 0 saturated heterocycles. The third-order valence-electron chi connectivity index (χ3n) is 4.39. The maximum atomic E-state index is 6.03. The zero-order chi connectivity index (χ0) is 22.1. The van der Waals surface area contributed by atoms with Crippen molar-refractivity contribution in [2.24, 2.45) is 4.99 Å². The van der Waals surface area contributed by atoms with Gasteiger partial charge in [0.15, 0.2) is 17.5 Å². The van der Waals surface area contributed by atoms with Gasteiger partial charge < -0.3 is 24.6 Å². The van der Waals surface area contributed by atoms with Crippen molar-refractivity contribution < 1.29 is 14.0 Å². The number of hydrogen-bond donors (Lipinski definition) is 2. The normalized spacial score (nSPS) is 10.9. The summed E-state index contributed by atoms with van der Waals surface area (Å²) in [6.07, 6.45) is 0.564. The second-order valence-electron chi connectivity index (χ2n) is 6.58. The van der Waals surface area contributed by atoms with Gasteiger partial charge in [-0.2, -0.15) is 4.98 Å². The zero-order valence-corrected chi connectivity index (χ0v) is 21.3. The fraction of sp³-hybridized carbons (Fsp3) is 0.318. The van der Waals surface area contributed by atoms with Gasteiger partial charge in [0.1, 0.15) is 0 Å². The maximum absolute atomic E-state index is 6.03. The topological polar surface area (TPSA) is 93.8 Å². The van der Waals surface area contributed by atoms with E-state index < -0.39 is 0 Å². The Morgan fingerprint density at radius 3 is 2.62 bits per heavy atom. The Balaban J connectivity index is 0.00000363. The summed E-state index contributed by atoms with van der Waals surface area (Å²) in [4.78, 5) is 9.06. The van der Waals surface area contributed by atoms with E-state index >= 15 is 0 Å². The van der Waals surface area contributed by atoms with Gasteiger partial charge in [0.05, 0.1) is 20.8 Å². The van der Waals surface area contributed by atoms with Gasteiger partial charge in [-0.3, -0.25) is 0 Å². The molecule has 0 radical (unpaired) electrons. The highest BCUT2D eigenvalue weighted by atomic mass is 127. The lowest BCUT2D eigenvalue weighted by atomic mass is 10.2. The summed E-state index contributed by atoms with van der Waals surface area (Å²) in [7, 11) is 3.23. The van der Waals surface area contributed by atoms with Gasteiger partial charge in [-0.05, 0) is 36.8 Å². The lowest BCUT2D eigenvalue weighted by Crippen LogP contribution is -2.38. The molecule has 0 atom stereocenters. The quantitative estimate of drug-likeness (QED) is 0.224. The summed E-state index contributed by atoms with van der Waals surface area (Å²) in [5.41, 5.74) is 1.83. The molecule has 0 saturated carbocycles. The molecule has 10 heteroatoms. The molecule has 0 aliphatic heterocycles. The summed E-state index contributed by atoms with van der Waals surface area (Å²) in [5.74, 6) is 3.13. The molecule has 32 heavy (non-hydrogen) atoms. The summed E-state index contributed by atoms with van der Waals surface area (Å²) in [5, 5.41) is 11.2. The molecule has 0 bridgehead atoms. The highest BCUT2D eigenvalue weighted by Crippen LogP contribution is 2.27. The average Bonchev–Trinajstić information content (AvgIpc) is 3.26. The number of hydrogen-bond acceptors (Lipinski definition) is 6. The van der Waals surface area contributed by atoms with Crippen LogP contribution in [0.4, 0.5) is 0 Å². The second-order valence-corrected chi connectivity index (χ2v) is 7.02. The van der Waals surface area contributed by atoms with Crippen LogP contribution >= 0.6 is 35.6 Å². The van der Waals surface area contributed by atoms with Crippen molar-refractivity contribution in [3.8, 4) is 22.9 Å². The first-order chi connectivity index (χ1) is 15.1. The Bertz CT molecular complexity index is 1030. The molecule has 0 aliphatic carbocycles. The van der Waals surface area contributed by atoms with Crippen LogP contribution in [-0.4, -0.2) is 43.4 Å². The molecule has 172 valence electrons. The van der Waals surface area contributed by atoms with Crippen LogP contribution in [0.25, 0.3) is 11.4 Å². The van der Waals surface area contributed by atoms with Crippen LogP contribution in [0.15, 0.2) is 52.0 Å². The monoisotopic (exact) mass is 571 g/mol. The molecule has 1 aromatic heterocycles. The van der Waals surface area contributed by atoms with E-state index in [1.807, 2.05) is 37.3 Å². The molecule has 1 heterocycles. The minimum Gasteiger partial charge on any atom is -0.493 e. The van der Waals surface area contributed by atoms with Crippen molar-refractivity contribution in [1.82, 2.24) is 20.8 Å². The molecule has 0 spiro atoms. The highest BCUT2D eigenvalue weighted by Gasteiger charge is 2.09. The third kappa shape index (κ3) is 7.27. The van der Waals surface area contributed by atoms with Gasteiger partial charge in [0, 0.05) is 30.1 Å². The Morgan fingerprint density at radius 1 is 1.09 bits per heavy atom. The van der Waals surface area contributed by atoms with Crippen molar-refractivity contribution >= 4 is 41.5 Å². The Kier molecular flexibility index (Phi) is 10.5. The maximum Gasteiger partial charge on any atom is 0.228 e. The molecule has 3 rings (SSSR count). The number of methoxy groups -OCH3 is 2. The first kappa shape index (κ1) is 25.7. The minimum atomic E-state index is 0. The molecule has 3 aromatic rings. The van der Waals surface area contributed by atoms with Gasteiger partial charge in [0.25, 0.3) is 0 Å². The first-order valence-corrected chi connectivity index (χ1v) is 10.3. The van der Waals surface area contributed by atoms with Gasteiger partial charge in [-0.15, -0.1) is 24.0 Å². The molecule has 0 amide bonds. The minimum absolute atomic E-state index is 0. The molecule has 2 N–H and O–H groups in total. The summed E-state index contributed by atoms with van der Waals surface area (Å²) < 4.78 is 16.0. The number of nitrogens with one attached hydrogen (secondary N) is 2. The van der Waals surface area contributed by atoms with Crippen molar-refractivity contribution in [3.63, 3.8) is 0 Å². The Morgan fingerprint density at radius 2 is 1.91 bits per heavy atom. The van der Waals surface area contributed by atoms with Crippen LogP contribution in [-0.2, 0) is 13.0 Å². The van der Waals surface area contributed by atoms with E-state index in [0.29, 0.717) is 53.7 Å². The lowest BCUT2D eigenvalue weighted by Gasteiger charge is -2.11. The standard InChI is InChI=1S/C22H26ClN5O3.HI/c1-4-24-22(26-14-15-8-9-18(29-2)19(12-15)30-3)25-11-10-20-27-21(28-31-20)16-6-5-7-17(23)13-16;/h5-9,12-13H,4,10-11,14H2,1-3H3,(H2,24,25,26);1H. The fourth-order valence-corrected chi connectivity index (χ4v) is 3.07. The van der Waals surface area contributed by atoms with Crippen LogP contribution in [0, 0.1) is 0 Å². The van der Waals surface area contributed by atoms with Crippen molar-refractivity contribution in [1.29, 1.82) is 0 Å². The van der Waals surface area contributed by atoms with Crippen LogP contribution in [0.2, 0.25) is 5.02 Å². The van der Waals surface area contributed by atoms with Gasteiger partial charge in [-0.25, -0.2) is 4.99 Å². The molecule has 0 aliphatic rings. The van der Waals surface area contributed by atoms with E-state index in [1.165, 1.54) is 0 Å². The molecule has 0 fully saturated rings. The van der Waals surface area contributed by atoms with Crippen LogP contribution in [0.5, 0.6) is 11.5 Å². The summed E-state index contributed by atoms with van der Waals surface area (Å²) >= 11 is 6.03. The zero-order valence-electron chi connectivity index (χ0n) is 18.2. The van der Waals surface area contributed by atoms with Gasteiger partial charge in [-0.1, -0.05) is 35.0 Å². The molecule has 0 unspecified atom stereocenters. The molecular formula is C22H27ClIN5O3. The third-order valence-corrected chi connectivity index (χ3v) is 4.63. The van der Waals surface area contributed by atoms with Gasteiger partial charge >= 0.3 is 0 Å². The van der Waals surface area contributed by atoms with E-state index in [1.54, 1.807) is 26.4 Å². The van der Waals surface area contributed by atoms with Crippen LogP contribution < -0.4 is 20.1 Å². The van der Waals surface area contributed by atoms with Crippen molar-refractivity contribution in [2.45, 2.75) is 19.9 Å². The average molecular weight is 572 g/mol. The number of benzene rings is 2. The summed E-state index contributed by atoms with van der Waals surface area (Å²) in [6, 6.07) is 13.1. The largest absolute Gasteiger partial charge is 0.493 e. The van der Waals surface area contributed by atoms with E-state index in [-0.39, 0.29) is 24.0 Å². The molecule has 2 aromatic carbocycles. The van der Waals surface area contributed by atoms with Crippen LogP contribution in [0.1, 0.15) is 18.4 Å². The number of ether oxygens (including phenoxy) is 2. The number of aromatic nitrogens is 2. The number of guanidine groups is 1. The SMILES string of the molecule is CCNC(=NCc1ccc(OC)c(OC)c1)NCCc1nc(-c2cccc(Cl)c2)no1.I. The number of aliphatic imine (C=N–C) groups is 1. The number of rotatable bonds is 9. The lowest BCUT2D eigenvalue weighted by molar-refractivity contribution is 0.354.